The van der Waals surface area contributed by atoms with E-state index in [9.17, 15) is 0 Å². The van der Waals surface area contributed by atoms with Gasteiger partial charge in [0.2, 0.25) is 0 Å². The van der Waals surface area contributed by atoms with Gasteiger partial charge in [0.1, 0.15) is 0 Å². The van der Waals surface area contributed by atoms with Crippen molar-refractivity contribution in [2.45, 2.75) is 38.5 Å². The van der Waals surface area contributed by atoms with Gasteiger partial charge in [-0.1, -0.05) is 104 Å². The van der Waals surface area contributed by atoms with Crippen LogP contribution in [0, 0.1) is 0 Å². The van der Waals surface area contributed by atoms with Gasteiger partial charge in [-0.25, -0.2) is 0 Å². The van der Waals surface area contributed by atoms with E-state index in [1.165, 1.54) is 44.1 Å². The lowest BCUT2D eigenvalue weighted by atomic mass is 10.0. The summed E-state index contributed by atoms with van der Waals surface area (Å²) in [5, 5.41) is 0. The highest BCUT2D eigenvalue weighted by Gasteiger charge is 2.03. The lowest BCUT2D eigenvalue weighted by molar-refractivity contribution is 0.702. The molecule has 2 aromatic rings. The van der Waals surface area contributed by atoms with E-state index in [0.717, 1.165) is 11.1 Å². The fourth-order valence-electron chi connectivity index (χ4n) is 2.88. The molecule has 0 atom stereocenters. The first-order valence-electron chi connectivity index (χ1n) is 8.91. The summed E-state index contributed by atoms with van der Waals surface area (Å²) in [5.41, 5.74) is 5.12. The Morgan fingerprint density at radius 2 is 1.29 bits per heavy atom. The standard InChI is InChI=1S/C14H18.C10H10/c1-2-5-9-13(8-4-1)12-14-10-6-3-7-11-14;1-3-9(2)10-7-5-4-6-8-10/h3,6-7,10-12H,1-2,4-5,8-9H2;3-8H,1-2H2. The molecule has 1 aliphatic carbocycles. The quantitative estimate of drug-likeness (QED) is 0.411. The van der Waals surface area contributed by atoms with Gasteiger partial charge in [-0.05, 0) is 42.4 Å². The zero-order valence-electron chi connectivity index (χ0n) is 14.6. The van der Waals surface area contributed by atoms with Crippen LogP contribution >= 0.6 is 0 Å². The molecule has 0 bridgehead atoms. The SMILES string of the molecule is C(=C1CCCCCC1)c1ccccc1.C=CC(=C)c1ccccc1. The molecule has 0 heterocycles. The van der Waals surface area contributed by atoms with Gasteiger partial charge in [-0.15, -0.1) is 0 Å². The third-order valence-corrected chi connectivity index (χ3v) is 4.31. The zero-order valence-corrected chi connectivity index (χ0v) is 14.6. The normalized spacial score (nSPS) is 13.9. The largest absolute Gasteiger partial charge is 0.0985 e. The summed E-state index contributed by atoms with van der Waals surface area (Å²) in [5.74, 6) is 0. The van der Waals surface area contributed by atoms with E-state index in [2.05, 4.69) is 49.6 Å². The van der Waals surface area contributed by atoms with E-state index in [0.29, 0.717) is 0 Å². The van der Waals surface area contributed by atoms with Gasteiger partial charge >= 0.3 is 0 Å². The molecule has 0 spiro atoms. The van der Waals surface area contributed by atoms with Crippen LogP contribution in [-0.2, 0) is 0 Å². The molecule has 1 saturated carbocycles. The maximum Gasteiger partial charge on any atom is -0.0190 e. The van der Waals surface area contributed by atoms with E-state index < -0.39 is 0 Å². The van der Waals surface area contributed by atoms with E-state index in [1.807, 2.05) is 30.3 Å². The van der Waals surface area contributed by atoms with Crippen LogP contribution in [0.2, 0.25) is 0 Å². The number of benzene rings is 2. The first kappa shape index (κ1) is 18.0. The lowest BCUT2D eigenvalue weighted by Crippen LogP contribution is -1.81. The molecule has 0 aromatic heterocycles. The first-order valence-corrected chi connectivity index (χ1v) is 8.91. The van der Waals surface area contributed by atoms with Crippen molar-refractivity contribution in [3.63, 3.8) is 0 Å². The van der Waals surface area contributed by atoms with Gasteiger partial charge in [0.05, 0.1) is 0 Å². The monoisotopic (exact) mass is 316 g/mol. The molecule has 0 aliphatic heterocycles. The summed E-state index contributed by atoms with van der Waals surface area (Å²) in [6.07, 6.45) is 12.4. The molecule has 124 valence electrons. The molecule has 0 unspecified atom stereocenters. The maximum absolute atomic E-state index is 3.83. The van der Waals surface area contributed by atoms with Crippen molar-refractivity contribution in [2.24, 2.45) is 0 Å². The van der Waals surface area contributed by atoms with Crippen LogP contribution in [0.15, 0.2) is 85.5 Å². The Morgan fingerprint density at radius 1 is 0.750 bits per heavy atom. The topological polar surface area (TPSA) is 0 Å². The van der Waals surface area contributed by atoms with Crippen LogP contribution in [0.4, 0.5) is 0 Å². The second kappa shape index (κ2) is 10.4. The average Bonchev–Trinajstić information content (AvgIpc) is 2.92. The van der Waals surface area contributed by atoms with E-state index in [1.54, 1.807) is 11.6 Å². The molecule has 0 heteroatoms. The third-order valence-electron chi connectivity index (χ3n) is 4.31. The van der Waals surface area contributed by atoms with Crippen LogP contribution in [0.25, 0.3) is 11.6 Å². The molecular formula is C24H28. The van der Waals surface area contributed by atoms with E-state index in [-0.39, 0.29) is 0 Å². The van der Waals surface area contributed by atoms with Crippen molar-refractivity contribution in [3.05, 3.63) is 96.6 Å². The summed E-state index contributed by atoms with van der Waals surface area (Å²) in [4.78, 5) is 0. The van der Waals surface area contributed by atoms with Crippen LogP contribution in [0.5, 0.6) is 0 Å². The fourth-order valence-corrected chi connectivity index (χ4v) is 2.88. The summed E-state index contributed by atoms with van der Waals surface area (Å²) in [6.45, 7) is 7.46. The Kier molecular flexibility index (Phi) is 7.83. The molecule has 0 nitrogen and oxygen atoms in total. The average molecular weight is 316 g/mol. The Labute approximate surface area is 147 Å². The number of hydrogen-bond acceptors (Lipinski definition) is 0. The predicted octanol–water partition coefficient (Wildman–Crippen LogP) is 7.31. The third kappa shape index (κ3) is 6.42. The van der Waals surface area contributed by atoms with Crippen LogP contribution in [0.1, 0.15) is 49.7 Å². The maximum atomic E-state index is 3.83. The van der Waals surface area contributed by atoms with Crippen molar-refractivity contribution < 1.29 is 0 Å². The van der Waals surface area contributed by atoms with Gasteiger partial charge in [-0.2, -0.15) is 0 Å². The molecule has 3 rings (SSSR count). The van der Waals surface area contributed by atoms with Crippen molar-refractivity contribution in [1.82, 2.24) is 0 Å². The van der Waals surface area contributed by atoms with Gasteiger partial charge in [0.15, 0.2) is 0 Å². The van der Waals surface area contributed by atoms with Crippen LogP contribution < -0.4 is 0 Å². The number of rotatable bonds is 3. The molecule has 0 radical (unpaired) electrons. The van der Waals surface area contributed by atoms with Gasteiger partial charge in [0, 0.05) is 0 Å². The zero-order chi connectivity index (χ0) is 17.0. The van der Waals surface area contributed by atoms with Crippen molar-refractivity contribution >= 4 is 11.6 Å². The second-order valence-corrected chi connectivity index (χ2v) is 6.22. The summed E-state index contributed by atoms with van der Waals surface area (Å²) in [7, 11) is 0. The minimum atomic E-state index is 0.973. The highest BCUT2D eigenvalue weighted by atomic mass is 14.1. The van der Waals surface area contributed by atoms with E-state index in [4.69, 9.17) is 0 Å². The lowest BCUT2D eigenvalue weighted by Gasteiger charge is -2.02. The minimum Gasteiger partial charge on any atom is -0.0985 e. The highest BCUT2D eigenvalue weighted by Crippen LogP contribution is 2.23. The van der Waals surface area contributed by atoms with Gasteiger partial charge in [-0.3, -0.25) is 0 Å². The van der Waals surface area contributed by atoms with Crippen LogP contribution in [0.3, 0.4) is 0 Å². The second-order valence-electron chi connectivity index (χ2n) is 6.22. The Morgan fingerprint density at radius 3 is 1.83 bits per heavy atom. The summed E-state index contributed by atoms with van der Waals surface area (Å²) >= 11 is 0. The van der Waals surface area contributed by atoms with Crippen LogP contribution in [-0.4, -0.2) is 0 Å². The van der Waals surface area contributed by atoms with Gasteiger partial charge < -0.3 is 0 Å². The molecule has 1 fully saturated rings. The van der Waals surface area contributed by atoms with Crippen molar-refractivity contribution in [1.29, 1.82) is 0 Å². The molecular weight excluding hydrogens is 288 g/mol. The number of allylic oxidation sites excluding steroid dienone is 3. The fraction of sp³-hybridized carbons (Fsp3) is 0.250. The smallest absolute Gasteiger partial charge is 0.0190 e. The molecule has 1 aliphatic rings. The first-order chi connectivity index (χ1) is 11.8. The Bertz CT molecular complexity index is 637. The molecule has 0 saturated heterocycles. The molecule has 0 N–H and O–H groups in total. The van der Waals surface area contributed by atoms with E-state index >= 15 is 0 Å². The minimum absolute atomic E-state index is 0.973. The Balaban J connectivity index is 0.000000185. The molecule has 2 aromatic carbocycles. The number of hydrogen-bond donors (Lipinski definition) is 0. The molecule has 0 amide bonds. The highest BCUT2D eigenvalue weighted by molar-refractivity contribution is 5.71. The Hall–Kier alpha value is -2.34. The molecule has 24 heavy (non-hydrogen) atoms. The summed E-state index contributed by atoms with van der Waals surface area (Å²) in [6, 6.07) is 20.7. The van der Waals surface area contributed by atoms with Gasteiger partial charge in [0.25, 0.3) is 0 Å². The predicted molar refractivity (Wildman–Crippen MR) is 108 cm³/mol. The summed E-state index contributed by atoms with van der Waals surface area (Å²) < 4.78 is 0. The van der Waals surface area contributed by atoms with Crippen molar-refractivity contribution in [3.8, 4) is 0 Å². The van der Waals surface area contributed by atoms with Crippen molar-refractivity contribution in [2.75, 3.05) is 0 Å².